The van der Waals surface area contributed by atoms with E-state index in [0.717, 1.165) is 27.8 Å². The molecule has 27 heavy (non-hydrogen) atoms. The van der Waals surface area contributed by atoms with Gasteiger partial charge in [-0.2, -0.15) is 0 Å². The molecule has 2 aromatic heterocycles. The zero-order chi connectivity index (χ0) is 18.6. The molecule has 0 aliphatic rings. The van der Waals surface area contributed by atoms with Crippen LogP contribution in [0.25, 0.3) is 21.3 Å². The summed E-state index contributed by atoms with van der Waals surface area (Å²) in [4.78, 5) is 9.49. The fourth-order valence-electron chi connectivity index (χ4n) is 2.82. The number of methoxy groups -OCH3 is 1. The average Bonchev–Trinajstić information content (AvgIpc) is 3.13. The van der Waals surface area contributed by atoms with Crippen LogP contribution in [0, 0.1) is 5.82 Å². The van der Waals surface area contributed by atoms with E-state index >= 15 is 0 Å². The van der Waals surface area contributed by atoms with Crippen molar-refractivity contribution >= 4 is 21.6 Å². The maximum Gasteiger partial charge on any atom is 0.231 e. The van der Waals surface area contributed by atoms with Crippen molar-refractivity contribution in [2.24, 2.45) is 0 Å². The van der Waals surface area contributed by atoms with Crippen LogP contribution in [0.4, 0.5) is 4.39 Å². The summed E-state index contributed by atoms with van der Waals surface area (Å²) in [5.74, 6) is 0.928. The number of fused-ring (bicyclic) bond motifs is 1. The third-order valence-corrected chi connectivity index (χ3v) is 5.11. The van der Waals surface area contributed by atoms with Gasteiger partial charge in [0.05, 0.1) is 12.0 Å². The molecule has 4 rings (SSSR count). The molecule has 0 radical (unpaired) electrons. The molecule has 4 aromatic rings. The summed E-state index contributed by atoms with van der Waals surface area (Å²) in [5.41, 5.74) is 3.01. The highest BCUT2D eigenvalue weighted by atomic mass is 32.1. The van der Waals surface area contributed by atoms with Crippen LogP contribution in [0.5, 0.6) is 11.6 Å². The largest absolute Gasteiger partial charge is 0.438 e. The molecule has 2 heterocycles. The Balaban J connectivity index is 1.67. The molecule has 0 unspecified atom stereocenters. The number of hydrogen-bond donors (Lipinski definition) is 0. The van der Waals surface area contributed by atoms with E-state index in [1.807, 2.05) is 29.6 Å². The van der Waals surface area contributed by atoms with Crippen LogP contribution in [0.2, 0.25) is 0 Å². The molecule has 6 heteroatoms. The van der Waals surface area contributed by atoms with Gasteiger partial charge in [-0.15, -0.1) is 11.3 Å². The third kappa shape index (κ3) is 3.82. The minimum Gasteiger partial charge on any atom is -0.438 e. The lowest BCUT2D eigenvalue weighted by molar-refractivity contribution is 0.202. The Labute approximate surface area is 160 Å². The third-order valence-electron chi connectivity index (χ3n) is 4.22. The van der Waals surface area contributed by atoms with Crippen LogP contribution in [-0.2, 0) is 11.2 Å². The fourth-order valence-corrected chi connectivity index (χ4v) is 3.73. The van der Waals surface area contributed by atoms with E-state index in [2.05, 4.69) is 9.97 Å². The van der Waals surface area contributed by atoms with Gasteiger partial charge < -0.3 is 9.47 Å². The molecule has 2 aromatic carbocycles. The summed E-state index contributed by atoms with van der Waals surface area (Å²) in [7, 11) is 1.69. The van der Waals surface area contributed by atoms with Gasteiger partial charge in [0.15, 0.2) is 0 Å². The molecular weight excluding hydrogens is 363 g/mol. The monoisotopic (exact) mass is 380 g/mol. The minimum absolute atomic E-state index is 0.264. The second kappa shape index (κ2) is 7.82. The molecular formula is C21H17FN2O2S. The van der Waals surface area contributed by atoms with E-state index in [1.165, 1.54) is 35.4 Å². The molecule has 0 saturated carbocycles. The number of aromatic nitrogens is 2. The molecule has 0 N–H and O–H groups in total. The normalized spacial score (nSPS) is 11.0. The Hall–Kier alpha value is -2.83. The van der Waals surface area contributed by atoms with Gasteiger partial charge in [0.1, 0.15) is 22.7 Å². The molecule has 0 amide bonds. The Morgan fingerprint density at radius 1 is 1.00 bits per heavy atom. The number of rotatable bonds is 6. The summed E-state index contributed by atoms with van der Waals surface area (Å²) in [5, 5.41) is 2.82. The Morgan fingerprint density at radius 3 is 2.52 bits per heavy atom. The van der Waals surface area contributed by atoms with Gasteiger partial charge in [0.2, 0.25) is 5.88 Å². The Kier molecular flexibility index (Phi) is 5.09. The smallest absolute Gasteiger partial charge is 0.231 e. The predicted molar refractivity (Wildman–Crippen MR) is 105 cm³/mol. The van der Waals surface area contributed by atoms with E-state index in [-0.39, 0.29) is 5.82 Å². The molecule has 0 atom stereocenters. The Bertz CT molecular complexity index is 1050. The number of thiophene rings is 1. The molecule has 0 saturated heterocycles. The summed E-state index contributed by atoms with van der Waals surface area (Å²) in [6.45, 7) is 0.683. The van der Waals surface area contributed by atoms with Gasteiger partial charge >= 0.3 is 0 Å². The molecule has 0 aliphatic carbocycles. The lowest BCUT2D eigenvalue weighted by Gasteiger charge is -2.08. The molecule has 0 fully saturated rings. The second-order valence-corrected chi connectivity index (χ2v) is 6.86. The highest BCUT2D eigenvalue weighted by molar-refractivity contribution is 7.17. The molecule has 0 spiro atoms. The van der Waals surface area contributed by atoms with Crippen molar-refractivity contribution in [2.45, 2.75) is 6.42 Å². The first-order valence-electron chi connectivity index (χ1n) is 8.48. The van der Waals surface area contributed by atoms with Gasteiger partial charge in [-0.1, -0.05) is 24.3 Å². The molecule has 0 bridgehead atoms. The molecule has 136 valence electrons. The standard InChI is InChI=1S/C21H17FN2O2S/c1-25-11-10-14-2-8-17(9-3-14)26-20-19-18(12-27-21(19)24-13-23-20)15-4-6-16(22)7-5-15/h2-9,12-13H,10-11H2,1H3. The highest BCUT2D eigenvalue weighted by Gasteiger charge is 2.15. The van der Waals surface area contributed by atoms with Crippen LogP contribution >= 0.6 is 11.3 Å². The zero-order valence-corrected chi connectivity index (χ0v) is 15.5. The van der Waals surface area contributed by atoms with Crippen LogP contribution < -0.4 is 4.74 Å². The maximum atomic E-state index is 13.3. The van der Waals surface area contributed by atoms with E-state index in [4.69, 9.17) is 9.47 Å². The quantitative estimate of drug-likeness (QED) is 0.444. The molecule has 4 nitrogen and oxygen atoms in total. The van der Waals surface area contributed by atoms with Crippen LogP contribution in [0.15, 0.2) is 60.2 Å². The summed E-state index contributed by atoms with van der Waals surface area (Å²) in [6, 6.07) is 14.3. The van der Waals surface area contributed by atoms with Gasteiger partial charge in [0, 0.05) is 18.1 Å². The predicted octanol–water partition coefficient (Wildman–Crippen LogP) is 5.48. The van der Waals surface area contributed by atoms with Crippen molar-refractivity contribution in [2.75, 3.05) is 13.7 Å². The number of halogens is 1. The fraction of sp³-hybridized carbons (Fsp3) is 0.143. The lowest BCUT2D eigenvalue weighted by Crippen LogP contribution is -1.95. The van der Waals surface area contributed by atoms with Crippen molar-refractivity contribution < 1.29 is 13.9 Å². The Morgan fingerprint density at radius 2 is 1.78 bits per heavy atom. The van der Waals surface area contributed by atoms with Crippen molar-refractivity contribution in [3.05, 3.63) is 71.6 Å². The first-order chi connectivity index (χ1) is 13.2. The van der Waals surface area contributed by atoms with Gasteiger partial charge in [-0.05, 0) is 41.8 Å². The van der Waals surface area contributed by atoms with E-state index in [1.54, 1.807) is 19.2 Å². The van der Waals surface area contributed by atoms with Crippen molar-refractivity contribution in [3.63, 3.8) is 0 Å². The van der Waals surface area contributed by atoms with Crippen molar-refractivity contribution in [3.8, 4) is 22.8 Å². The van der Waals surface area contributed by atoms with Crippen LogP contribution in [0.3, 0.4) is 0 Å². The summed E-state index contributed by atoms with van der Waals surface area (Å²) < 4.78 is 24.4. The maximum absolute atomic E-state index is 13.3. The van der Waals surface area contributed by atoms with Crippen LogP contribution in [0.1, 0.15) is 5.56 Å². The topological polar surface area (TPSA) is 44.2 Å². The zero-order valence-electron chi connectivity index (χ0n) is 14.7. The lowest BCUT2D eigenvalue weighted by atomic mass is 10.1. The van der Waals surface area contributed by atoms with E-state index in [0.29, 0.717) is 18.2 Å². The van der Waals surface area contributed by atoms with Gasteiger partial charge in [0.25, 0.3) is 0 Å². The van der Waals surface area contributed by atoms with Gasteiger partial charge in [-0.3, -0.25) is 0 Å². The second-order valence-electron chi connectivity index (χ2n) is 6.00. The van der Waals surface area contributed by atoms with Crippen LogP contribution in [-0.4, -0.2) is 23.7 Å². The number of ether oxygens (including phenoxy) is 2. The first-order valence-corrected chi connectivity index (χ1v) is 9.36. The molecule has 0 aliphatic heterocycles. The first kappa shape index (κ1) is 17.6. The van der Waals surface area contributed by atoms with E-state index < -0.39 is 0 Å². The average molecular weight is 380 g/mol. The van der Waals surface area contributed by atoms with Gasteiger partial charge in [-0.25, -0.2) is 14.4 Å². The van der Waals surface area contributed by atoms with E-state index in [9.17, 15) is 4.39 Å². The summed E-state index contributed by atoms with van der Waals surface area (Å²) in [6.07, 6.45) is 2.35. The minimum atomic E-state index is -0.264. The van der Waals surface area contributed by atoms with Crippen molar-refractivity contribution in [1.29, 1.82) is 0 Å². The van der Waals surface area contributed by atoms with Crippen molar-refractivity contribution in [1.82, 2.24) is 9.97 Å². The SMILES string of the molecule is COCCc1ccc(Oc2ncnc3scc(-c4ccc(F)cc4)c23)cc1. The summed E-state index contributed by atoms with van der Waals surface area (Å²) >= 11 is 1.51. The number of benzene rings is 2. The highest BCUT2D eigenvalue weighted by Crippen LogP contribution is 2.38. The number of hydrogen-bond acceptors (Lipinski definition) is 5. The number of nitrogens with zero attached hydrogens (tertiary/aromatic N) is 2.